The molecule has 0 heterocycles. The van der Waals surface area contributed by atoms with Crippen LogP contribution in [0.1, 0.15) is 64.2 Å². The van der Waals surface area contributed by atoms with Crippen molar-refractivity contribution in [2.45, 2.75) is 94.9 Å². The number of halogens is 5. The minimum Gasteiger partial charge on any atom is -0.317 e. The van der Waals surface area contributed by atoms with Crippen LogP contribution >= 0.6 is 0 Å². The van der Waals surface area contributed by atoms with Gasteiger partial charge in [0, 0.05) is 18.8 Å². The second kappa shape index (κ2) is 8.75. The molecule has 2 atom stereocenters. The van der Waals surface area contributed by atoms with Gasteiger partial charge in [0.1, 0.15) is 18.6 Å². The van der Waals surface area contributed by atoms with Gasteiger partial charge in [0.2, 0.25) is 0 Å². The van der Waals surface area contributed by atoms with Crippen molar-refractivity contribution in [2.24, 2.45) is 23.7 Å². The molecular formula is C20H29F5O2. The van der Waals surface area contributed by atoms with Crippen LogP contribution in [0, 0.1) is 23.7 Å². The Morgan fingerprint density at radius 1 is 0.778 bits per heavy atom. The normalized spacial score (nSPS) is 44.0. The lowest BCUT2D eigenvalue weighted by molar-refractivity contribution is -0.306. The molecule has 27 heavy (non-hydrogen) atoms. The topological polar surface area (TPSA) is 26.3 Å². The number of hydrogen-bond acceptors (Lipinski definition) is 2. The number of carbonyl (C=O) groups excluding carboxylic acids is 1. The predicted octanol–water partition coefficient (Wildman–Crippen LogP) is 5.58. The van der Waals surface area contributed by atoms with Gasteiger partial charge < -0.3 is 9.53 Å². The van der Waals surface area contributed by atoms with Crippen molar-refractivity contribution in [1.82, 2.24) is 0 Å². The number of rotatable bonds is 5. The molecule has 156 valence electrons. The number of hydrogen-bond donors (Lipinski definition) is 0. The second-order valence-electron chi connectivity index (χ2n) is 8.67. The molecule has 0 radical (unpaired) electrons. The lowest BCUT2D eigenvalue weighted by Gasteiger charge is -2.40. The van der Waals surface area contributed by atoms with Crippen molar-refractivity contribution in [3.8, 4) is 0 Å². The Labute approximate surface area is 157 Å². The highest BCUT2D eigenvalue weighted by atomic mass is 19.3. The number of alkyl halides is 5. The summed E-state index contributed by atoms with van der Waals surface area (Å²) in [4.78, 5) is 10.9. The summed E-state index contributed by atoms with van der Waals surface area (Å²) in [7, 11) is 0. The number of carbonyl (C=O) groups is 1. The van der Waals surface area contributed by atoms with E-state index in [1.165, 1.54) is 0 Å². The summed E-state index contributed by atoms with van der Waals surface area (Å²) >= 11 is 0. The number of ether oxygens (including phenoxy) is 1. The highest BCUT2D eigenvalue weighted by molar-refractivity contribution is 5.53. The molecule has 0 aromatic carbocycles. The van der Waals surface area contributed by atoms with Crippen LogP contribution in [0.2, 0.25) is 0 Å². The van der Waals surface area contributed by atoms with Crippen LogP contribution in [-0.4, -0.2) is 37.0 Å². The van der Waals surface area contributed by atoms with Crippen LogP contribution in [0.4, 0.5) is 22.0 Å². The Bertz CT molecular complexity index is 475. The lowest BCUT2D eigenvalue weighted by atomic mass is 9.69. The Balaban J connectivity index is 1.47. The van der Waals surface area contributed by atoms with Crippen molar-refractivity contribution >= 4 is 6.29 Å². The summed E-state index contributed by atoms with van der Waals surface area (Å²) in [6.07, 6.45) is -5.42. The molecule has 3 rings (SSSR count). The fourth-order valence-corrected chi connectivity index (χ4v) is 5.18. The van der Waals surface area contributed by atoms with Crippen molar-refractivity contribution in [3.05, 3.63) is 0 Å². The zero-order chi connectivity index (χ0) is 19.6. The van der Waals surface area contributed by atoms with Gasteiger partial charge in [0.15, 0.2) is 6.17 Å². The monoisotopic (exact) mass is 396 g/mol. The summed E-state index contributed by atoms with van der Waals surface area (Å²) in [6, 6.07) is 0. The predicted molar refractivity (Wildman–Crippen MR) is 90.7 cm³/mol. The molecule has 7 heteroatoms. The molecule has 0 saturated heterocycles. The van der Waals surface area contributed by atoms with Gasteiger partial charge in [-0.25, -0.2) is 13.2 Å². The van der Waals surface area contributed by atoms with Gasteiger partial charge in [-0.05, 0) is 63.2 Å². The lowest BCUT2D eigenvalue weighted by Crippen LogP contribution is -2.45. The number of aldehydes is 1. The van der Waals surface area contributed by atoms with Gasteiger partial charge >= 0.3 is 6.11 Å². The molecule has 3 aliphatic carbocycles. The van der Waals surface area contributed by atoms with E-state index in [1.807, 2.05) is 0 Å². The SMILES string of the molecule is O=CC1CCC(C2CCC(C(F)(F)OC3CC(F)C(F)C(F)C3)CC2)CC1. The van der Waals surface area contributed by atoms with Gasteiger partial charge in [-0.15, -0.1) is 0 Å². The molecular weight excluding hydrogens is 367 g/mol. The summed E-state index contributed by atoms with van der Waals surface area (Å²) in [6.45, 7) is 0. The van der Waals surface area contributed by atoms with Crippen molar-refractivity contribution in [2.75, 3.05) is 0 Å². The first-order chi connectivity index (χ1) is 12.8. The summed E-state index contributed by atoms with van der Waals surface area (Å²) in [5.41, 5.74) is 0. The first-order valence-electron chi connectivity index (χ1n) is 10.2. The van der Waals surface area contributed by atoms with Crippen LogP contribution < -0.4 is 0 Å². The molecule has 0 aromatic rings. The van der Waals surface area contributed by atoms with Crippen LogP contribution in [0.25, 0.3) is 0 Å². The second-order valence-corrected chi connectivity index (χ2v) is 8.67. The van der Waals surface area contributed by atoms with Gasteiger partial charge in [0.05, 0.1) is 12.0 Å². The van der Waals surface area contributed by atoms with Gasteiger partial charge in [0.25, 0.3) is 0 Å². The van der Waals surface area contributed by atoms with E-state index in [4.69, 9.17) is 4.74 Å². The first-order valence-corrected chi connectivity index (χ1v) is 10.2. The molecule has 3 fully saturated rings. The van der Waals surface area contributed by atoms with E-state index in [0.717, 1.165) is 32.0 Å². The van der Waals surface area contributed by atoms with Crippen LogP contribution in [0.3, 0.4) is 0 Å². The molecule has 0 aromatic heterocycles. The average molecular weight is 396 g/mol. The minimum atomic E-state index is -3.44. The maximum atomic E-state index is 14.5. The zero-order valence-corrected chi connectivity index (χ0v) is 15.5. The highest BCUT2D eigenvalue weighted by Crippen LogP contribution is 2.46. The van der Waals surface area contributed by atoms with Crippen LogP contribution in [0.5, 0.6) is 0 Å². The van der Waals surface area contributed by atoms with Crippen LogP contribution in [0.15, 0.2) is 0 Å². The van der Waals surface area contributed by atoms with Crippen LogP contribution in [-0.2, 0) is 9.53 Å². The van der Waals surface area contributed by atoms with E-state index in [9.17, 15) is 26.7 Å². The van der Waals surface area contributed by atoms with Gasteiger partial charge in [-0.2, -0.15) is 8.78 Å². The molecule has 3 aliphatic rings. The zero-order valence-electron chi connectivity index (χ0n) is 15.5. The third kappa shape index (κ3) is 5.01. The van der Waals surface area contributed by atoms with E-state index < -0.39 is 49.5 Å². The van der Waals surface area contributed by atoms with E-state index in [0.29, 0.717) is 37.5 Å². The standard InChI is InChI=1S/C20H29F5O2/c21-17-9-16(10-18(22)19(17)23)27-20(24,25)15-7-5-14(6-8-15)13-3-1-12(11-26)2-4-13/h11-19H,1-10H2. The first kappa shape index (κ1) is 21.0. The van der Waals surface area contributed by atoms with Gasteiger partial charge in [-0.1, -0.05) is 0 Å². The van der Waals surface area contributed by atoms with Crippen molar-refractivity contribution in [3.63, 3.8) is 0 Å². The summed E-state index contributed by atoms with van der Waals surface area (Å²) < 4.78 is 73.9. The highest BCUT2D eigenvalue weighted by Gasteiger charge is 2.48. The van der Waals surface area contributed by atoms with E-state index in [2.05, 4.69) is 0 Å². The Hall–Kier alpha value is -0.720. The van der Waals surface area contributed by atoms with E-state index in [1.54, 1.807) is 0 Å². The maximum Gasteiger partial charge on any atom is 0.358 e. The molecule has 0 aliphatic heterocycles. The quantitative estimate of drug-likeness (QED) is 0.448. The fraction of sp³-hybridized carbons (Fsp3) is 0.950. The molecule has 2 unspecified atom stereocenters. The van der Waals surface area contributed by atoms with Gasteiger partial charge in [-0.3, -0.25) is 0 Å². The Morgan fingerprint density at radius 3 is 1.74 bits per heavy atom. The largest absolute Gasteiger partial charge is 0.358 e. The van der Waals surface area contributed by atoms with Crippen molar-refractivity contribution in [1.29, 1.82) is 0 Å². The Kier molecular flexibility index (Phi) is 6.80. The average Bonchev–Trinajstić information content (AvgIpc) is 2.66. The Morgan fingerprint density at radius 2 is 1.26 bits per heavy atom. The third-order valence-electron chi connectivity index (χ3n) is 6.91. The minimum absolute atomic E-state index is 0.147. The van der Waals surface area contributed by atoms with E-state index in [-0.39, 0.29) is 5.92 Å². The summed E-state index contributed by atoms with van der Waals surface area (Å²) in [5.74, 6) is 0.0841. The third-order valence-corrected chi connectivity index (χ3v) is 6.91. The van der Waals surface area contributed by atoms with Crippen molar-refractivity contribution < 1.29 is 31.5 Å². The molecule has 0 N–H and O–H groups in total. The molecule has 3 saturated carbocycles. The fourth-order valence-electron chi connectivity index (χ4n) is 5.18. The molecule has 0 bridgehead atoms. The molecule has 0 spiro atoms. The van der Waals surface area contributed by atoms with E-state index >= 15 is 0 Å². The summed E-state index contributed by atoms with van der Waals surface area (Å²) in [5, 5.41) is 0. The molecule has 0 amide bonds. The maximum absolute atomic E-state index is 14.5. The molecule has 2 nitrogen and oxygen atoms in total. The smallest absolute Gasteiger partial charge is 0.317 e.